The van der Waals surface area contributed by atoms with E-state index in [0.717, 1.165) is 12.1 Å². The van der Waals surface area contributed by atoms with Crippen LogP contribution in [0.25, 0.3) is 0 Å². The molecule has 1 fully saturated rings. The predicted octanol–water partition coefficient (Wildman–Crippen LogP) is 2.94. The average molecular weight is 347 g/mol. The van der Waals surface area contributed by atoms with Gasteiger partial charge in [-0.3, -0.25) is 10.1 Å². The Kier molecular flexibility index (Phi) is 5.15. The van der Waals surface area contributed by atoms with Gasteiger partial charge in [-0.2, -0.15) is 13.2 Å². The van der Waals surface area contributed by atoms with Crippen molar-refractivity contribution in [1.82, 2.24) is 5.32 Å². The monoisotopic (exact) mass is 347 g/mol. The summed E-state index contributed by atoms with van der Waals surface area (Å²) < 4.78 is 44.7. The van der Waals surface area contributed by atoms with Crippen LogP contribution >= 0.6 is 0 Å². The van der Waals surface area contributed by atoms with Crippen LogP contribution in [0.4, 0.5) is 29.3 Å². The number of halogens is 3. The first-order valence-electron chi connectivity index (χ1n) is 7.21. The molecule has 1 amide bonds. The summed E-state index contributed by atoms with van der Waals surface area (Å²) in [5.41, 5.74) is -1.75. The molecule has 10 heteroatoms. The lowest BCUT2D eigenvalue weighted by atomic mass is 10.0. The van der Waals surface area contributed by atoms with Gasteiger partial charge in [-0.05, 0) is 6.07 Å². The van der Waals surface area contributed by atoms with E-state index < -0.39 is 28.4 Å². The highest BCUT2D eigenvalue weighted by Crippen LogP contribution is 2.39. The molecule has 0 unspecified atom stereocenters. The Bertz CT molecular complexity index is 628. The van der Waals surface area contributed by atoms with Gasteiger partial charge in [0.05, 0.1) is 10.5 Å². The van der Waals surface area contributed by atoms with Crippen molar-refractivity contribution < 1.29 is 27.6 Å². The molecule has 1 aromatic rings. The van der Waals surface area contributed by atoms with Crippen molar-refractivity contribution in [2.75, 3.05) is 25.0 Å². The van der Waals surface area contributed by atoms with Crippen molar-refractivity contribution in [3.8, 4) is 0 Å². The molecule has 1 aliphatic rings. The smallest absolute Gasteiger partial charge is 0.418 e. The highest BCUT2D eigenvalue weighted by molar-refractivity contribution is 5.67. The summed E-state index contributed by atoms with van der Waals surface area (Å²) in [6.07, 6.45) is -4.89. The summed E-state index contributed by atoms with van der Waals surface area (Å²) in [6, 6.07) is 2.71. The second-order valence-electron chi connectivity index (χ2n) is 5.30. The summed E-state index contributed by atoms with van der Waals surface area (Å²) in [4.78, 5) is 22.5. The zero-order valence-electron chi connectivity index (χ0n) is 12.8. The van der Waals surface area contributed by atoms with Gasteiger partial charge in [-0.25, -0.2) is 4.79 Å². The van der Waals surface area contributed by atoms with E-state index in [0.29, 0.717) is 18.9 Å². The Morgan fingerprint density at radius 1 is 1.38 bits per heavy atom. The summed E-state index contributed by atoms with van der Waals surface area (Å²) in [5, 5.41) is 13.0. The van der Waals surface area contributed by atoms with Crippen LogP contribution < -0.4 is 10.2 Å². The van der Waals surface area contributed by atoms with Crippen molar-refractivity contribution >= 4 is 17.5 Å². The maximum Gasteiger partial charge on any atom is 0.418 e. The molecule has 0 aliphatic carbocycles. The number of nitro groups is 1. The number of benzene rings is 1. The van der Waals surface area contributed by atoms with E-state index in [1.807, 2.05) is 0 Å². The Labute approximate surface area is 135 Å². The third-order valence-electron chi connectivity index (χ3n) is 3.76. The molecule has 24 heavy (non-hydrogen) atoms. The van der Waals surface area contributed by atoms with Crippen LogP contribution in [0.3, 0.4) is 0 Å². The van der Waals surface area contributed by atoms with E-state index >= 15 is 0 Å². The Hall–Kier alpha value is -2.52. The molecule has 132 valence electrons. The second kappa shape index (κ2) is 6.93. The lowest BCUT2D eigenvalue weighted by Gasteiger charge is -2.34. The molecule has 7 nitrogen and oxygen atoms in total. The molecule has 1 aromatic carbocycles. The highest BCUT2D eigenvalue weighted by atomic mass is 19.4. The van der Waals surface area contributed by atoms with Crippen LogP contribution in [0.1, 0.15) is 18.4 Å². The minimum Gasteiger partial charge on any atom is -0.446 e. The van der Waals surface area contributed by atoms with Crippen molar-refractivity contribution in [3.63, 3.8) is 0 Å². The number of nitro benzene ring substituents is 1. The van der Waals surface area contributed by atoms with E-state index in [9.17, 15) is 28.1 Å². The number of nitrogens with one attached hydrogen (secondary N) is 1. The minimum atomic E-state index is -4.70. The van der Waals surface area contributed by atoms with Gasteiger partial charge in [-0.15, -0.1) is 0 Å². The molecule has 0 saturated carbocycles. The van der Waals surface area contributed by atoms with Gasteiger partial charge >= 0.3 is 12.3 Å². The zero-order chi connectivity index (χ0) is 17.9. The van der Waals surface area contributed by atoms with Crippen molar-refractivity contribution in [2.45, 2.75) is 25.1 Å². The van der Waals surface area contributed by atoms with E-state index in [1.54, 1.807) is 0 Å². The maximum atomic E-state index is 13.2. The molecule has 0 radical (unpaired) electrons. The number of hydrogen-bond acceptors (Lipinski definition) is 5. The first kappa shape index (κ1) is 17.8. The first-order chi connectivity index (χ1) is 11.2. The van der Waals surface area contributed by atoms with E-state index in [4.69, 9.17) is 4.74 Å². The number of non-ortho nitro benzene ring substituents is 1. The van der Waals surface area contributed by atoms with Gasteiger partial charge in [-0.1, -0.05) is 0 Å². The Morgan fingerprint density at radius 3 is 2.50 bits per heavy atom. The molecule has 1 N–H and O–H groups in total. The number of hydrogen-bond donors (Lipinski definition) is 1. The number of ether oxygens (including phenoxy) is 1. The molecular weight excluding hydrogens is 331 g/mol. The summed E-state index contributed by atoms with van der Waals surface area (Å²) in [7, 11) is 1.42. The zero-order valence-corrected chi connectivity index (χ0v) is 12.8. The van der Waals surface area contributed by atoms with Gasteiger partial charge in [0.2, 0.25) is 0 Å². The fourth-order valence-corrected chi connectivity index (χ4v) is 2.57. The van der Waals surface area contributed by atoms with Crippen molar-refractivity contribution in [3.05, 3.63) is 33.9 Å². The quantitative estimate of drug-likeness (QED) is 0.671. The highest BCUT2D eigenvalue weighted by Gasteiger charge is 2.37. The first-order valence-corrected chi connectivity index (χ1v) is 7.21. The number of carbonyl (C=O) groups excluding carboxylic acids is 1. The van der Waals surface area contributed by atoms with Crippen LogP contribution in [0, 0.1) is 10.1 Å². The normalized spacial score (nSPS) is 15.9. The molecule has 1 saturated heterocycles. The number of alkyl carbamates (subject to hydrolysis) is 1. The van der Waals surface area contributed by atoms with Gasteiger partial charge in [0.1, 0.15) is 6.10 Å². The van der Waals surface area contributed by atoms with E-state index in [-0.39, 0.29) is 24.9 Å². The third kappa shape index (κ3) is 4.06. The summed E-state index contributed by atoms with van der Waals surface area (Å²) in [6.45, 7) is 0.505. The fourth-order valence-electron chi connectivity index (χ4n) is 2.57. The van der Waals surface area contributed by atoms with Crippen molar-refractivity contribution in [2.24, 2.45) is 0 Å². The van der Waals surface area contributed by atoms with Crippen LogP contribution in [0.15, 0.2) is 18.2 Å². The number of anilines is 1. The van der Waals surface area contributed by atoms with Crippen molar-refractivity contribution in [1.29, 1.82) is 0 Å². The lowest BCUT2D eigenvalue weighted by Crippen LogP contribution is -2.39. The minimum absolute atomic E-state index is 0.105. The van der Waals surface area contributed by atoms with Gasteiger partial charge in [0.15, 0.2) is 0 Å². The Balaban J connectivity index is 2.18. The summed E-state index contributed by atoms with van der Waals surface area (Å²) in [5.74, 6) is 0. The number of alkyl halides is 3. The van der Waals surface area contributed by atoms with E-state index in [2.05, 4.69) is 5.32 Å². The number of rotatable bonds is 3. The summed E-state index contributed by atoms with van der Waals surface area (Å²) >= 11 is 0. The molecule has 1 aliphatic heterocycles. The van der Waals surface area contributed by atoms with Crippen LogP contribution in [-0.2, 0) is 10.9 Å². The standard InChI is InChI=1S/C14H16F3N3O4/c1-18-13(21)24-10-4-6-19(7-5-10)12-3-2-9(20(22)23)8-11(12)14(15,16)17/h2-3,8,10H,4-7H2,1H3,(H,18,21). The average Bonchev–Trinajstić information content (AvgIpc) is 2.54. The van der Waals surface area contributed by atoms with Gasteiger partial charge in [0, 0.05) is 50.8 Å². The lowest BCUT2D eigenvalue weighted by molar-refractivity contribution is -0.385. The number of amides is 1. The number of piperidine rings is 1. The topological polar surface area (TPSA) is 84.7 Å². The van der Waals surface area contributed by atoms with E-state index in [1.165, 1.54) is 11.9 Å². The molecule has 1 heterocycles. The predicted molar refractivity (Wildman–Crippen MR) is 78.9 cm³/mol. The van der Waals surface area contributed by atoms with Crippen LogP contribution in [-0.4, -0.2) is 37.3 Å². The SMILES string of the molecule is CNC(=O)OC1CCN(c2ccc([N+](=O)[O-])cc2C(F)(F)F)CC1. The molecular formula is C14H16F3N3O4. The molecule has 2 rings (SSSR count). The largest absolute Gasteiger partial charge is 0.446 e. The second-order valence-corrected chi connectivity index (χ2v) is 5.30. The van der Waals surface area contributed by atoms with Gasteiger partial charge < -0.3 is 15.0 Å². The molecule has 0 aromatic heterocycles. The Morgan fingerprint density at radius 2 is 2.00 bits per heavy atom. The van der Waals surface area contributed by atoms with Gasteiger partial charge in [0.25, 0.3) is 5.69 Å². The molecule has 0 atom stereocenters. The third-order valence-corrected chi connectivity index (χ3v) is 3.76. The number of carbonyl (C=O) groups is 1. The number of nitrogens with zero attached hydrogens (tertiary/aromatic N) is 2. The van der Waals surface area contributed by atoms with Crippen LogP contribution in [0.2, 0.25) is 0 Å². The maximum absolute atomic E-state index is 13.2. The molecule has 0 bridgehead atoms. The fraction of sp³-hybridized carbons (Fsp3) is 0.500. The van der Waals surface area contributed by atoms with Crippen LogP contribution in [0.5, 0.6) is 0 Å². The molecule has 0 spiro atoms.